The minimum absolute atomic E-state index is 0.733. The molecule has 0 atom stereocenters. The molecule has 0 aromatic carbocycles. The molecular weight excluding hydrogens is 134 g/mol. The summed E-state index contributed by atoms with van der Waals surface area (Å²) >= 11 is 0.733. The Labute approximate surface area is 59.9 Å². The van der Waals surface area contributed by atoms with Gasteiger partial charge in [0.25, 0.3) is 0 Å². The molecular formula is C6H11NOS. The summed E-state index contributed by atoms with van der Waals surface area (Å²) in [7, 11) is 1.70. The van der Waals surface area contributed by atoms with Crippen LogP contribution in [0, 0.1) is 0 Å². The Bertz CT molecular complexity index is 140. The lowest BCUT2D eigenvalue weighted by atomic mass is 10.4. The molecule has 0 aliphatic carbocycles. The van der Waals surface area contributed by atoms with Gasteiger partial charge in [-0.3, -0.25) is 4.99 Å². The highest BCUT2D eigenvalue weighted by Crippen LogP contribution is 2.11. The first-order valence-corrected chi connectivity index (χ1v) is 3.45. The molecule has 9 heavy (non-hydrogen) atoms. The Kier molecular flexibility index (Phi) is 4.44. The average molecular weight is 145 g/mol. The molecule has 0 aliphatic rings. The lowest BCUT2D eigenvalue weighted by Gasteiger charge is -1.97. The van der Waals surface area contributed by atoms with Crippen LogP contribution >= 0.6 is 12.0 Å². The lowest BCUT2D eigenvalue weighted by molar-refractivity contribution is 0.670. The molecule has 2 nitrogen and oxygen atoms in total. The van der Waals surface area contributed by atoms with Crippen molar-refractivity contribution in [2.45, 2.75) is 13.8 Å². The quantitative estimate of drug-likeness (QED) is 0.477. The van der Waals surface area contributed by atoms with Crippen LogP contribution in [0.4, 0.5) is 0 Å². The Morgan fingerprint density at radius 1 is 1.67 bits per heavy atom. The SMILES string of the molecule is C/C=C(/SO)C(C)=NC. The fraction of sp³-hybridized carbons (Fsp3) is 0.500. The van der Waals surface area contributed by atoms with E-state index in [-0.39, 0.29) is 0 Å². The highest BCUT2D eigenvalue weighted by atomic mass is 32.2. The molecule has 0 aliphatic heterocycles. The fourth-order valence-corrected chi connectivity index (χ4v) is 0.767. The molecule has 0 saturated heterocycles. The third kappa shape index (κ3) is 2.67. The largest absolute Gasteiger partial charge is 0.325 e. The summed E-state index contributed by atoms with van der Waals surface area (Å²) in [5.41, 5.74) is 0.866. The molecule has 0 bridgehead atoms. The summed E-state index contributed by atoms with van der Waals surface area (Å²) in [6.45, 7) is 3.73. The first kappa shape index (κ1) is 8.72. The van der Waals surface area contributed by atoms with Crippen molar-refractivity contribution in [3.8, 4) is 0 Å². The maximum absolute atomic E-state index is 8.60. The van der Waals surface area contributed by atoms with Crippen LogP contribution in [0.3, 0.4) is 0 Å². The van der Waals surface area contributed by atoms with Crippen molar-refractivity contribution in [3.63, 3.8) is 0 Å². The molecule has 0 amide bonds. The van der Waals surface area contributed by atoms with Gasteiger partial charge >= 0.3 is 0 Å². The topological polar surface area (TPSA) is 32.6 Å². The number of nitrogens with zero attached hydrogens (tertiary/aromatic N) is 1. The zero-order valence-electron chi connectivity index (χ0n) is 5.88. The van der Waals surface area contributed by atoms with Gasteiger partial charge in [-0.1, -0.05) is 6.08 Å². The molecule has 3 heteroatoms. The first-order chi connectivity index (χ1) is 4.26. The third-order valence-electron chi connectivity index (χ3n) is 1.05. The Balaban J connectivity index is 4.14. The van der Waals surface area contributed by atoms with Crippen molar-refractivity contribution in [2.75, 3.05) is 7.05 Å². The second-order valence-corrected chi connectivity index (χ2v) is 2.18. The van der Waals surface area contributed by atoms with Crippen molar-refractivity contribution in [2.24, 2.45) is 4.99 Å². The molecule has 0 fully saturated rings. The van der Waals surface area contributed by atoms with E-state index in [2.05, 4.69) is 4.99 Å². The Hall–Kier alpha value is -0.280. The summed E-state index contributed by atoms with van der Waals surface area (Å²) < 4.78 is 8.60. The maximum Gasteiger partial charge on any atom is 0.0515 e. The standard InChI is InChI=1S/C6H11NOS/c1-4-6(9-8)5(2)7-3/h4,8H,1-3H3/b6-4+,7-5?. The van der Waals surface area contributed by atoms with Crippen LogP contribution in [0.15, 0.2) is 16.0 Å². The van der Waals surface area contributed by atoms with Crippen LogP contribution in [0.1, 0.15) is 13.8 Å². The molecule has 0 aromatic rings. The van der Waals surface area contributed by atoms with E-state index in [1.807, 2.05) is 19.9 Å². The summed E-state index contributed by atoms with van der Waals surface area (Å²) in [6.07, 6.45) is 1.83. The van der Waals surface area contributed by atoms with Gasteiger partial charge in [-0.2, -0.15) is 0 Å². The van der Waals surface area contributed by atoms with Gasteiger partial charge in [0.05, 0.1) is 4.91 Å². The number of hydrogen-bond donors (Lipinski definition) is 1. The van der Waals surface area contributed by atoms with Gasteiger partial charge in [0.2, 0.25) is 0 Å². The van der Waals surface area contributed by atoms with E-state index in [1.165, 1.54) is 0 Å². The number of rotatable bonds is 2. The predicted molar refractivity (Wildman–Crippen MR) is 43.0 cm³/mol. The summed E-state index contributed by atoms with van der Waals surface area (Å²) in [6, 6.07) is 0. The lowest BCUT2D eigenvalue weighted by Crippen LogP contribution is -1.91. The van der Waals surface area contributed by atoms with Crippen molar-refractivity contribution < 1.29 is 4.55 Å². The first-order valence-electron chi connectivity index (χ1n) is 2.67. The zero-order chi connectivity index (χ0) is 7.28. The smallest absolute Gasteiger partial charge is 0.0515 e. The molecule has 0 aromatic heterocycles. The molecule has 0 unspecified atom stereocenters. The second kappa shape index (κ2) is 4.58. The van der Waals surface area contributed by atoms with E-state index in [0.717, 1.165) is 22.7 Å². The number of aliphatic imine (C=N–C) groups is 1. The van der Waals surface area contributed by atoms with E-state index in [9.17, 15) is 0 Å². The van der Waals surface area contributed by atoms with E-state index in [4.69, 9.17) is 4.55 Å². The Morgan fingerprint density at radius 3 is 2.33 bits per heavy atom. The van der Waals surface area contributed by atoms with Crippen LogP contribution in [0.2, 0.25) is 0 Å². The summed E-state index contributed by atoms with van der Waals surface area (Å²) in [4.78, 5) is 4.72. The molecule has 0 saturated carbocycles. The normalized spacial score (nSPS) is 14.2. The molecule has 0 spiro atoms. The van der Waals surface area contributed by atoms with Gasteiger partial charge in [0, 0.05) is 24.8 Å². The monoisotopic (exact) mass is 145 g/mol. The minimum atomic E-state index is 0.733. The van der Waals surface area contributed by atoms with Gasteiger partial charge in [0.1, 0.15) is 0 Å². The van der Waals surface area contributed by atoms with Crippen LogP contribution in [0.5, 0.6) is 0 Å². The zero-order valence-corrected chi connectivity index (χ0v) is 6.70. The van der Waals surface area contributed by atoms with Gasteiger partial charge in [-0.25, -0.2) is 0 Å². The van der Waals surface area contributed by atoms with E-state index in [0.29, 0.717) is 0 Å². The van der Waals surface area contributed by atoms with Gasteiger partial charge in [0.15, 0.2) is 0 Å². The molecule has 0 radical (unpaired) electrons. The predicted octanol–water partition coefficient (Wildman–Crippen LogP) is 2.19. The van der Waals surface area contributed by atoms with Gasteiger partial charge in [-0.05, 0) is 13.8 Å². The van der Waals surface area contributed by atoms with Crippen LogP contribution in [-0.4, -0.2) is 17.3 Å². The number of hydrogen-bond acceptors (Lipinski definition) is 3. The molecule has 1 N–H and O–H groups in total. The van der Waals surface area contributed by atoms with Crippen molar-refractivity contribution in [1.29, 1.82) is 0 Å². The van der Waals surface area contributed by atoms with Gasteiger partial charge < -0.3 is 4.55 Å². The number of allylic oxidation sites excluding steroid dienone is 2. The molecule has 0 heterocycles. The van der Waals surface area contributed by atoms with Crippen molar-refractivity contribution in [1.82, 2.24) is 0 Å². The van der Waals surface area contributed by atoms with E-state index >= 15 is 0 Å². The third-order valence-corrected chi connectivity index (χ3v) is 1.78. The Morgan fingerprint density at radius 2 is 2.22 bits per heavy atom. The van der Waals surface area contributed by atoms with Crippen LogP contribution < -0.4 is 0 Å². The van der Waals surface area contributed by atoms with E-state index < -0.39 is 0 Å². The minimum Gasteiger partial charge on any atom is -0.325 e. The fourth-order valence-electron chi connectivity index (χ4n) is 0.438. The molecule has 52 valence electrons. The summed E-state index contributed by atoms with van der Waals surface area (Å²) in [5, 5.41) is 0. The maximum atomic E-state index is 8.60. The second-order valence-electron chi connectivity index (χ2n) is 1.55. The van der Waals surface area contributed by atoms with Crippen molar-refractivity contribution >= 4 is 17.8 Å². The average Bonchev–Trinajstić information content (AvgIpc) is 1.90. The highest BCUT2D eigenvalue weighted by molar-refractivity contribution is 7.98. The van der Waals surface area contributed by atoms with Crippen molar-refractivity contribution in [3.05, 3.63) is 11.0 Å². The molecule has 0 rings (SSSR count). The van der Waals surface area contributed by atoms with Crippen LogP contribution in [-0.2, 0) is 0 Å². The van der Waals surface area contributed by atoms with Crippen LogP contribution in [0.25, 0.3) is 0 Å². The summed E-state index contributed by atoms with van der Waals surface area (Å²) in [5.74, 6) is 0. The highest BCUT2D eigenvalue weighted by Gasteiger charge is 1.96. The van der Waals surface area contributed by atoms with E-state index in [1.54, 1.807) is 7.05 Å². The van der Waals surface area contributed by atoms with Gasteiger partial charge in [-0.15, -0.1) is 0 Å².